The van der Waals surface area contributed by atoms with Gasteiger partial charge in [-0.3, -0.25) is 4.98 Å². The van der Waals surface area contributed by atoms with Crippen LogP contribution < -0.4 is 0 Å². The molecule has 0 saturated carbocycles. The minimum Gasteiger partial charge on any atom is -0.434 e. The highest BCUT2D eigenvalue weighted by Crippen LogP contribution is 2.37. The van der Waals surface area contributed by atoms with Crippen molar-refractivity contribution in [2.75, 3.05) is 0 Å². The Labute approximate surface area is 222 Å². The van der Waals surface area contributed by atoms with Gasteiger partial charge in [-0.05, 0) is 52.2 Å². The standard InChI is InChI=1S/C33H19N5O/c1-2-7-25-24(6-1)23(22-11-15-29-28(19-22)38-33(39-29)32-35-17-4-18-36-32)12-13-26(25)27-14-10-21-9-8-20-5-3-16-34-30(20)31(21)37-27/h1-19H. The molecule has 0 bridgehead atoms. The van der Waals surface area contributed by atoms with Crippen LogP contribution in [0.5, 0.6) is 0 Å². The molecule has 0 amide bonds. The number of nitrogens with zero attached hydrogens (tertiary/aromatic N) is 5. The fraction of sp³-hybridized carbons (Fsp3) is 0. The van der Waals surface area contributed by atoms with E-state index in [2.05, 4.69) is 98.8 Å². The summed E-state index contributed by atoms with van der Waals surface area (Å²) < 4.78 is 5.93. The lowest BCUT2D eigenvalue weighted by molar-refractivity contribution is 0.613. The van der Waals surface area contributed by atoms with E-state index in [1.165, 1.54) is 0 Å². The van der Waals surface area contributed by atoms with E-state index >= 15 is 0 Å². The predicted molar refractivity (Wildman–Crippen MR) is 154 cm³/mol. The van der Waals surface area contributed by atoms with Crippen LogP contribution in [0.1, 0.15) is 0 Å². The Kier molecular flexibility index (Phi) is 4.72. The summed E-state index contributed by atoms with van der Waals surface area (Å²) in [5.41, 5.74) is 7.46. The third-order valence-electron chi connectivity index (χ3n) is 7.09. The average molecular weight is 502 g/mol. The Morgan fingerprint density at radius 1 is 0.538 bits per heavy atom. The zero-order chi connectivity index (χ0) is 25.8. The number of hydrogen-bond acceptors (Lipinski definition) is 6. The summed E-state index contributed by atoms with van der Waals surface area (Å²) in [5, 5.41) is 4.43. The molecule has 182 valence electrons. The van der Waals surface area contributed by atoms with Crippen molar-refractivity contribution < 1.29 is 4.42 Å². The van der Waals surface area contributed by atoms with Crippen LogP contribution in [-0.2, 0) is 0 Å². The van der Waals surface area contributed by atoms with Crippen molar-refractivity contribution in [3.8, 4) is 34.1 Å². The summed E-state index contributed by atoms with van der Waals surface area (Å²) in [6, 6.07) is 33.0. The van der Waals surface area contributed by atoms with Gasteiger partial charge in [-0.1, -0.05) is 66.7 Å². The molecule has 0 aliphatic rings. The molecule has 0 saturated heterocycles. The Morgan fingerprint density at radius 2 is 1.28 bits per heavy atom. The molecule has 0 unspecified atom stereocenters. The monoisotopic (exact) mass is 501 g/mol. The lowest BCUT2D eigenvalue weighted by atomic mass is 9.93. The van der Waals surface area contributed by atoms with E-state index in [1.807, 2.05) is 18.3 Å². The number of rotatable bonds is 3. The van der Waals surface area contributed by atoms with Gasteiger partial charge in [-0.15, -0.1) is 0 Å². The molecule has 6 nitrogen and oxygen atoms in total. The smallest absolute Gasteiger partial charge is 0.266 e. The molecule has 0 aliphatic heterocycles. The Hall–Kier alpha value is -5.49. The van der Waals surface area contributed by atoms with Crippen LogP contribution in [0.25, 0.3) is 77.8 Å². The second-order valence-electron chi connectivity index (χ2n) is 9.39. The molecule has 4 heterocycles. The van der Waals surface area contributed by atoms with Crippen LogP contribution in [0, 0.1) is 0 Å². The lowest BCUT2D eigenvalue weighted by Gasteiger charge is -2.12. The second kappa shape index (κ2) is 8.53. The first-order valence-corrected chi connectivity index (χ1v) is 12.7. The van der Waals surface area contributed by atoms with E-state index in [9.17, 15) is 0 Å². The Morgan fingerprint density at radius 3 is 2.15 bits per heavy atom. The van der Waals surface area contributed by atoms with E-state index in [-0.39, 0.29) is 0 Å². The minimum atomic E-state index is 0.410. The molecule has 39 heavy (non-hydrogen) atoms. The van der Waals surface area contributed by atoms with Gasteiger partial charge < -0.3 is 4.42 Å². The largest absolute Gasteiger partial charge is 0.434 e. The fourth-order valence-electron chi connectivity index (χ4n) is 5.25. The van der Waals surface area contributed by atoms with Crippen LogP contribution in [0.15, 0.2) is 120 Å². The van der Waals surface area contributed by atoms with Crippen molar-refractivity contribution in [2.24, 2.45) is 0 Å². The first-order valence-electron chi connectivity index (χ1n) is 12.7. The number of benzene rings is 4. The van der Waals surface area contributed by atoms with Crippen molar-refractivity contribution in [3.63, 3.8) is 0 Å². The topological polar surface area (TPSA) is 77.6 Å². The van der Waals surface area contributed by atoms with Crippen molar-refractivity contribution in [3.05, 3.63) is 116 Å². The highest BCUT2D eigenvalue weighted by atomic mass is 16.3. The van der Waals surface area contributed by atoms with Crippen LogP contribution in [0.2, 0.25) is 0 Å². The highest BCUT2D eigenvalue weighted by molar-refractivity contribution is 6.07. The van der Waals surface area contributed by atoms with Gasteiger partial charge in [-0.25, -0.2) is 19.9 Å². The van der Waals surface area contributed by atoms with Gasteiger partial charge in [0, 0.05) is 34.9 Å². The van der Waals surface area contributed by atoms with Crippen molar-refractivity contribution in [1.29, 1.82) is 0 Å². The molecule has 8 rings (SSSR count). The molecule has 0 spiro atoms. The number of hydrogen-bond donors (Lipinski definition) is 0. The van der Waals surface area contributed by atoms with Gasteiger partial charge in [0.05, 0.1) is 16.7 Å². The fourth-order valence-corrected chi connectivity index (χ4v) is 5.25. The van der Waals surface area contributed by atoms with Crippen LogP contribution in [-0.4, -0.2) is 24.9 Å². The number of pyridine rings is 2. The van der Waals surface area contributed by atoms with E-state index in [0.29, 0.717) is 17.3 Å². The van der Waals surface area contributed by atoms with E-state index in [0.717, 1.165) is 60.5 Å². The molecule has 0 aliphatic carbocycles. The van der Waals surface area contributed by atoms with Gasteiger partial charge >= 0.3 is 0 Å². The normalized spacial score (nSPS) is 11.6. The molecular formula is C33H19N5O. The molecule has 0 atom stereocenters. The second-order valence-corrected chi connectivity index (χ2v) is 9.39. The van der Waals surface area contributed by atoms with E-state index < -0.39 is 0 Å². The van der Waals surface area contributed by atoms with Crippen molar-refractivity contribution in [1.82, 2.24) is 24.9 Å². The Balaban J connectivity index is 1.28. The van der Waals surface area contributed by atoms with Crippen molar-refractivity contribution in [2.45, 2.75) is 0 Å². The lowest BCUT2D eigenvalue weighted by Crippen LogP contribution is -1.91. The third-order valence-corrected chi connectivity index (χ3v) is 7.09. The summed E-state index contributed by atoms with van der Waals surface area (Å²) in [5.74, 6) is 0.878. The quantitative estimate of drug-likeness (QED) is 0.229. The highest BCUT2D eigenvalue weighted by Gasteiger charge is 2.15. The molecule has 0 N–H and O–H groups in total. The molecule has 6 heteroatoms. The number of fused-ring (bicyclic) bond motifs is 5. The summed E-state index contributed by atoms with van der Waals surface area (Å²) in [4.78, 5) is 22.9. The van der Waals surface area contributed by atoms with E-state index in [1.54, 1.807) is 18.5 Å². The van der Waals surface area contributed by atoms with Crippen LogP contribution >= 0.6 is 0 Å². The number of oxazole rings is 1. The first kappa shape index (κ1) is 21.6. The van der Waals surface area contributed by atoms with E-state index in [4.69, 9.17) is 9.40 Å². The molecular weight excluding hydrogens is 482 g/mol. The molecule has 0 fully saturated rings. The molecule has 4 aromatic heterocycles. The number of aromatic nitrogens is 5. The SMILES string of the molecule is c1cnc(-c2nc3cc(-c4ccc(-c5ccc6ccc7cccnc7c6n5)c5ccccc45)ccc3o2)nc1. The summed E-state index contributed by atoms with van der Waals surface area (Å²) in [6.07, 6.45) is 5.18. The third kappa shape index (κ3) is 3.54. The molecule has 0 radical (unpaired) electrons. The predicted octanol–water partition coefficient (Wildman–Crippen LogP) is 7.87. The maximum absolute atomic E-state index is 5.93. The average Bonchev–Trinajstić information content (AvgIpc) is 3.44. The summed E-state index contributed by atoms with van der Waals surface area (Å²) in [7, 11) is 0. The summed E-state index contributed by atoms with van der Waals surface area (Å²) in [6.45, 7) is 0. The van der Waals surface area contributed by atoms with Crippen LogP contribution in [0.3, 0.4) is 0 Å². The van der Waals surface area contributed by atoms with Crippen molar-refractivity contribution >= 4 is 43.7 Å². The molecule has 8 aromatic rings. The zero-order valence-corrected chi connectivity index (χ0v) is 20.6. The van der Waals surface area contributed by atoms with Crippen LogP contribution in [0.4, 0.5) is 0 Å². The maximum atomic E-state index is 5.93. The first-order chi connectivity index (χ1) is 19.3. The zero-order valence-electron chi connectivity index (χ0n) is 20.6. The van der Waals surface area contributed by atoms with Gasteiger partial charge in [0.25, 0.3) is 5.89 Å². The van der Waals surface area contributed by atoms with Gasteiger partial charge in [0.15, 0.2) is 5.58 Å². The van der Waals surface area contributed by atoms with Gasteiger partial charge in [-0.2, -0.15) is 0 Å². The molecule has 4 aromatic carbocycles. The maximum Gasteiger partial charge on any atom is 0.266 e. The minimum absolute atomic E-state index is 0.410. The van der Waals surface area contributed by atoms with Gasteiger partial charge in [0.1, 0.15) is 5.52 Å². The van der Waals surface area contributed by atoms with Gasteiger partial charge in [0.2, 0.25) is 5.82 Å². The Bertz CT molecular complexity index is 2190. The summed E-state index contributed by atoms with van der Waals surface area (Å²) >= 11 is 0.